The average molecular weight is 213 g/mol. The van der Waals surface area contributed by atoms with Crippen molar-refractivity contribution in [3.8, 4) is 0 Å². The maximum Gasteiger partial charge on any atom is 0.0730 e. The van der Waals surface area contributed by atoms with Gasteiger partial charge in [-0.3, -0.25) is 4.99 Å². The molecule has 0 unspecified atom stereocenters. The van der Waals surface area contributed by atoms with Crippen molar-refractivity contribution < 1.29 is 0 Å². The Hall–Kier alpha value is -1.41. The van der Waals surface area contributed by atoms with Crippen LogP contribution in [0.5, 0.6) is 0 Å². The fraction of sp³-hybridized carbons (Fsp3) is 0.154. The first kappa shape index (κ1) is 8.86. The summed E-state index contributed by atoms with van der Waals surface area (Å²) >= 11 is 1.84. The van der Waals surface area contributed by atoms with Crippen LogP contribution in [0.2, 0.25) is 0 Å². The van der Waals surface area contributed by atoms with Gasteiger partial charge in [0.25, 0.3) is 0 Å². The predicted molar refractivity (Wildman–Crippen MR) is 65.0 cm³/mol. The maximum absolute atomic E-state index is 4.64. The van der Waals surface area contributed by atoms with Crippen LogP contribution in [0.15, 0.2) is 46.8 Å². The second-order valence-electron chi connectivity index (χ2n) is 3.60. The third-order valence-electron chi connectivity index (χ3n) is 2.66. The van der Waals surface area contributed by atoms with Crippen molar-refractivity contribution in [2.75, 3.05) is 6.54 Å². The van der Waals surface area contributed by atoms with Crippen LogP contribution in [0.25, 0.3) is 0 Å². The van der Waals surface area contributed by atoms with Crippen LogP contribution >= 0.6 is 11.3 Å². The van der Waals surface area contributed by atoms with E-state index in [1.165, 1.54) is 16.0 Å². The van der Waals surface area contributed by atoms with Gasteiger partial charge in [0.2, 0.25) is 0 Å². The lowest BCUT2D eigenvalue weighted by Crippen LogP contribution is -2.11. The van der Waals surface area contributed by atoms with Gasteiger partial charge in [0.05, 0.1) is 5.71 Å². The van der Waals surface area contributed by atoms with Crippen LogP contribution in [0, 0.1) is 0 Å². The molecule has 0 saturated heterocycles. The van der Waals surface area contributed by atoms with E-state index in [0.29, 0.717) is 0 Å². The summed E-state index contributed by atoms with van der Waals surface area (Å²) in [7, 11) is 0. The molecule has 0 radical (unpaired) electrons. The van der Waals surface area contributed by atoms with E-state index in [0.717, 1.165) is 18.7 Å². The molecule has 0 amide bonds. The van der Waals surface area contributed by atoms with Crippen molar-refractivity contribution in [2.24, 2.45) is 4.99 Å². The van der Waals surface area contributed by atoms with E-state index in [-0.39, 0.29) is 0 Å². The molecular weight excluding hydrogens is 202 g/mol. The summed E-state index contributed by atoms with van der Waals surface area (Å²) in [6.07, 6.45) is 1.10. The fourth-order valence-electron chi connectivity index (χ4n) is 1.94. The third-order valence-corrected chi connectivity index (χ3v) is 3.64. The zero-order valence-electron chi connectivity index (χ0n) is 8.31. The molecule has 3 rings (SSSR count). The normalized spacial score (nSPS) is 14.5. The molecule has 0 atom stereocenters. The lowest BCUT2D eigenvalue weighted by atomic mass is 10.00. The molecule has 0 fully saturated rings. The van der Waals surface area contributed by atoms with Crippen molar-refractivity contribution in [3.63, 3.8) is 0 Å². The smallest absolute Gasteiger partial charge is 0.0730 e. The van der Waals surface area contributed by atoms with E-state index in [4.69, 9.17) is 0 Å². The van der Waals surface area contributed by atoms with Gasteiger partial charge < -0.3 is 0 Å². The molecule has 1 aliphatic rings. The summed E-state index contributed by atoms with van der Waals surface area (Å²) in [5.41, 5.74) is 3.73. The zero-order valence-corrected chi connectivity index (χ0v) is 9.13. The Kier molecular flexibility index (Phi) is 2.14. The lowest BCUT2D eigenvalue weighted by Gasteiger charge is -2.12. The number of hydrogen-bond donors (Lipinski definition) is 0. The second-order valence-corrected chi connectivity index (χ2v) is 4.60. The first-order chi connectivity index (χ1) is 7.45. The minimum absolute atomic E-state index is 0.928. The van der Waals surface area contributed by atoms with Gasteiger partial charge in [0.15, 0.2) is 0 Å². The maximum atomic E-state index is 4.64. The van der Waals surface area contributed by atoms with Crippen LogP contribution < -0.4 is 0 Å². The first-order valence-corrected chi connectivity index (χ1v) is 6.00. The molecule has 0 spiro atoms. The number of fused-ring (bicyclic) bond motifs is 1. The van der Waals surface area contributed by atoms with Gasteiger partial charge in [-0.1, -0.05) is 30.3 Å². The number of benzene rings is 1. The van der Waals surface area contributed by atoms with Gasteiger partial charge in [-0.25, -0.2) is 0 Å². The highest BCUT2D eigenvalue weighted by Gasteiger charge is 2.15. The summed E-state index contributed by atoms with van der Waals surface area (Å²) in [5, 5.41) is 2.16. The molecule has 1 nitrogen and oxygen atoms in total. The minimum atomic E-state index is 0.928. The molecule has 0 saturated carbocycles. The van der Waals surface area contributed by atoms with Crippen LogP contribution in [-0.4, -0.2) is 12.3 Å². The van der Waals surface area contributed by atoms with Crippen molar-refractivity contribution >= 4 is 17.0 Å². The van der Waals surface area contributed by atoms with Gasteiger partial charge in [-0.2, -0.15) is 0 Å². The van der Waals surface area contributed by atoms with Gasteiger partial charge in [-0.05, 0) is 11.4 Å². The second kappa shape index (κ2) is 3.63. The Morgan fingerprint density at radius 3 is 2.80 bits per heavy atom. The van der Waals surface area contributed by atoms with Gasteiger partial charge >= 0.3 is 0 Å². The molecule has 0 bridgehead atoms. The van der Waals surface area contributed by atoms with E-state index in [2.05, 4.69) is 40.7 Å². The lowest BCUT2D eigenvalue weighted by molar-refractivity contribution is 0.965. The molecule has 1 aromatic heterocycles. The van der Waals surface area contributed by atoms with Crippen LogP contribution in [0.4, 0.5) is 0 Å². The fourth-order valence-corrected chi connectivity index (χ4v) is 2.81. The predicted octanol–water partition coefficient (Wildman–Crippen LogP) is 3.14. The van der Waals surface area contributed by atoms with Gasteiger partial charge in [0.1, 0.15) is 0 Å². The van der Waals surface area contributed by atoms with Crippen molar-refractivity contribution in [3.05, 3.63) is 57.8 Å². The molecule has 1 aromatic carbocycles. The Morgan fingerprint density at radius 1 is 1.07 bits per heavy atom. The summed E-state index contributed by atoms with van der Waals surface area (Å²) in [6.45, 7) is 0.928. The summed E-state index contributed by atoms with van der Waals surface area (Å²) < 4.78 is 0. The third kappa shape index (κ3) is 1.51. The summed E-state index contributed by atoms with van der Waals surface area (Å²) in [5.74, 6) is 0. The topological polar surface area (TPSA) is 12.4 Å². The monoisotopic (exact) mass is 213 g/mol. The number of rotatable bonds is 1. The van der Waals surface area contributed by atoms with E-state index in [1.807, 2.05) is 17.4 Å². The summed E-state index contributed by atoms with van der Waals surface area (Å²) in [4.78, 5) is 6.11. The number of thiophene rings is 1. The van der Waals surface area contributed by atoms with Crippen molar-refractivity contribution in [1.29, 1.82) is 0 Å². The Morgan fingerprint density at radius 2 is 1.93 bits per heavy atom. The van der Waals surface area contributed by atoms with E-state index >= 15 is 0 Å². The van der Waals surface area contributed by atoms with Gasteiger partial charge in [0, 0.05) is 29.0 Å². The zero-order chi connectivity index (χ0) is 10.1. The SMILES string of the molecule is c1ccc(C2=NCCc3sccc32)cc1. The molecule has 74 valence electrons. The van der Waals surface area contributed by atoms with Crippen molar-refractivity contribution in [1.82, 2.24) is 0 Å². The molecule has 15 heavy (non-hydrogen) atoms. The van der Waals surface area contributed by atoms with E-state index < -0.39 is 0 Å². The standard InChI is InChI=1S/C13H11NS/c1-2-4-10(5-3-1)13-11-7-9-15-12(11)6-8-14-13/h1-5,7,9H,6,8H2. The minimum Gasteiger partial charge on any atom is -0.284 e. The van der Waals surface area contributed by atoms with Crippen molar-refractivity contribution in [2.45, 2.75) is 6.42 Å². The Balaban J connectivity index is 2.12. The first-order valence-electron chi connectivity index (χ1n) is 5.12. The summed E-state index contributed by atoms with van der Waals surface area (Å²) in [6, 6.07) is 12.6. The molecule has 0 N–H and O–H groups in total. The number of nitrogens with zero attached hydrogens (tertiary/aromatic N) is 1. The molecular formula is C13H11NS. The Bertz CT molecular complexity index is 496. The highest BCUT2D eigenvalue weighted by atomic mass is 32.1. The van der Waals surface area contributed by atoms with Gasteiger partial charge in [-0.15, -0.1) is 11.3 Å². The average Bonchev–Trinajstić information content (AvgIpc) is 2.78. The highest BCUT2D eigenvalue weighted by Crippen LogP contribution is 2.24. The Labute approximate surface area is 93.1 Å². The molecule has 2 aromatic rings. The molecule has 1 aliphatic heterocycles. The number of aliphatic imine (C=N–C) groups is 1. The van der Waals surface area contributed by atoms with Crippen LogP contribution in [-0.2, 0) is 6.42 Å². The highest BCUT2D eigenvalue weighted by molar-refractivity contribution is 7.10. The number of hydrogen-bond acceptors (Lipinski definition) is 2. The quantitative estimate of drug-likeness (QED) is 0.690. The van der Waals surface area contributed by atoms with E-state index in [9.17, 15) is 0 Å². The van der Waals surface area contributed by atoms with Crippen LogP contribution in [0.1, 0.15) is 16.0 Å². The molecule has 2 heterocycles. The molecule has 2 heteroatoms. The van der Waals surface area contributed by atoms with E-state index in [1.54, 1.807) is 0 Å². The van der Waals surface area contributed by atoms with Crippen LogP contribution in [0.3, 0.4) is 0 Å². The largest absolute Gasteiger partial charge is 0.284 e. The molecule has 0 aliphatic carbocycles.